The molecule has 2 heterocycles. The number of piperazine rings is 1. The molecule has 2 bridgehead atoms. The summed E-state index contributed by atoms with van der Waals surface area (Å²) in [6, 6.07) is 14.3. The third-order valence-electron chi connectivity index (χ3n) is 8.18. The van der Waals surface area contributed by atoms with Gasteiger partial charge in [-0.3, -0.25) is 9.69 Å². The van der Waals surface area contributed by atoms with Crippen molar-refractivity contribution in [1.29, 1.82) is 0 Å². The van der Waals surface area contributed by atoms with Crippen LogP contribution >= 0.6 is 11.6 Å². The molecule has 8 heteroatoms. The SMILES string of the molecule is C=C(CC1NCC2C=CC=CC1=C2)NC(Cc1ccc(Cl)cc1)C(=O)N1CCN(Cc2ccccc2F)CC1.CCNCC. The van der Waals surface area contributed by atoms with Gasteiger partial charge in [-0.2, -0.15) is 0 Å². The molecule has 236 valence electrons. The monoisotopic (exact) mass is 619 g/mol. The van der Waals surface area contributed by atoms with E-state index in [1.807, 2.05) is 41.3 Å². The van der Waals surface area contributed by atoms with Crippen molar-refractivity contribution in [3.63, 3.8) is 0 Å². The van der Waals surface area contributed by atoms with Crippen LogP contribution in [-0.4, -0.2) is 73.6 Å². The lowest BCUT2D eigenvalue weighted by molar-refractivity contribution is -0.135. The number of nitrogens with one attached hydrogen (secondary N) is 3. The van der Waals surface area contributed by atoms with E-state index in [-0.39, 0.29) is 17.8 Å². The maximum Gasteiger partial charge on any atom is 0.245 e. The maximum absolute atomic E-state index is 14.1. The maximum atomic E-state index is 14.1. The van der Waals surface area contributed by atoms with Gasteiger partial charge in [0, 0.05) is 80.4 Å². The highest BCUT2D eigenvalue weighted by atomic mass is 35.5. The normalized spacial score (nSPS) is 20.2. The van der Waals surface area contributed by atoms with E-state index in [1.54, 1.807) is 6.07 Å². The quantitative estimate of drug-likeness (QED) is 0.311. The minimum atomic E-state index is -0.437. The second-order valence-electron chi connectivity index (χ2n) is 11.5. The number of carbonyl (C=O) groups is 1. The van der Waals surface area contributed by atoms with Crippen molar-refractivity contribution in [2.24, 2.45) is 5.92 Å². The molecule has 1 amide bonds. The Bertz CT molecular complexity index is 1310. The molecular formula is C36H47ClFN5O. The molecule has 3 N–H and O–H groups in total. The first-order valence-corrected chi connectivity index (χ1v) is 16.2. The Hall–Kier alpha value is -3.23. The zero-order chi connectivity index (χ0) is 31.3. The van der Waals surface area contributed by atoms with Crippen LogP contribution in [0, 0.1) is 11.7 Å². The van der Waals surface area contributed by atoms with Gasteiger partial charge in [-0.15, -0.1) is 0 Å². The van der Waals surface area contributed by atoms with Gasteiger partial charge in [0.1, 0.15) is 11.9 Å². The van der Waals surface area contributed by atoms with Gasteiger partial charge < -0.3 is 20.9 Å². The van der Waals surface area contributed by atoms with Crippen LogP contribution in [0.3, 0.4) is 0 Å². The van der Waals surface area contributed by atoms with Crippen molar-refractivity contribution < 1.29 is 9.18 Å². The van der Waals surface area contributed by atoms with Crippen molar-refractivity contribution in [3.8, 4) is 0 Å². The van der Waals surface area contributed by atoms with Gasteiger partial charge in [0.05, 0.1) is 0 Å². The summed E-state index contributed by atoms with van der Waals surface area (Å²) in [6.45, 7) is 14.8. The van der Waals surface area contributed by atoms with Crippen LogP contribution < -0.4 is 16.0 Å². The molecule has 3 atom stereocenters. The van der Waals surface area contributed by atoms with Gasteiger partial charge in [-0.1, -0.05) is 92.7 Å². The average Bonchev–Trinajstić information content (AvgIpc) is 3.23. The summed E-state index contributed by atoms with van der Waals surface area (Å²) >= 11 is 6.11. The molecule has 1 fully saturated rings. The zero-order valence-corrected chi connectivity index (χ0v) is 26.8. The van der Waals surface area contributed by atoms with Gasteiger partial charge in [-0.05, 0) is 42.4 Å². The molecule has 0 spiro atoms. The second-order valence-corrected chi connectivity index (χ2v) is 12.0. The smallest absolute Gasteiger partial charge is 0.245 e. The molecular weight excluding hydrogens is 573 g/mol. The number of hydrogen-bond donors (Lipinski definition) is 3. The van der Waals surface area contributed by atoms with Crippen LogP contribution in [0.5, 0.6) is 0 Å². The largest absolute Gasteiger partial charge is 0.377 e. The second kappa shape index (κ2) is 17.3. The Morgan fingerprint density at radius 2 is 1.80 bits per heavy atom. The molecule has 3 aliphatic rings. The fraction of sp³-hybridized carbons (Fsp3) is 0.417. The lowest BCUT2D eigenvalue weighted by Gasteiger charge is -2.37. The molecule has 3 unspecified atom stereocenters. The van der Waals surface area contributed by atoms with Crippen molar-refractivity contribution in [2.75, 3.05) is 45.8 Å². The first kappa shape index (κ1) is 33.7. The van der Waals surface area contributed by atoms with Crippen LogP contribution in [0.4, 0.5) is 4.39 Å². The van der Waals surface area contributed by atoms with Gasteiger partial charge in [0.15, 0.2) is 0 Å². The first-order chi connectivity index (χ1) is 21.4. The fourth-order valence-corrected chi connectivity index (χ4v) is 5.88. The average molecular weight is 620 g/mol. The number of benzene rings is 2. The van der Waals surface area contributed by atoms with Crippen LogP contribution in [0.15, 0.2) is 96.8 Å². The number of nitrogens with zero attached hydrogens (tertiary/aromatic N) is 2. The van der Waals surface area contributed by atoms with E-state index >= 15 is 0 Å². The van der Waals surface area contributed by atoms with Gasteiger partial charge in [0.2, 0.25) is 5.91 Å². The topological polar surface area (TPSA) is 59.6 Å². The van der Waals surface area contributed by atoms with E-state index in [0.29, 0.717) is 62.1 Å². The number of halogens is 2. The van der Waals surface area contributed by atoms with Crippen LogP contribution in [0.2, 0.25) is 5.02 Å². The highest BCUT2D eigenvalue weighted by molar-refractivity contribution is 6.30. The predicted molar refractivity (Wildman–Crippen MR) is 180 cm³/mol. The highest BCUT2D eigenvalue weighted by Gasteiger charge is 2.29. The number of fused-ring (bicyclic) bond motifs is 1. The Morgan fingerprint density at radius 3 is 2.48 bits per heavy atom. The molecule has 1 aliphatic carbocycles. The summed E-state index contributed by atoms with van der Waals surface area (Å²) in [4.78, 5) is 17.9. The Kier molecular flexibility index (Phi) is 13.2. The number of rotatable bonds is 11. The van der Waals surface area contributed by atoms with Crippen LogP contribution in [-0.2, 0) is 17.8 Å². The van der Waals surface area contributed by atoms with Crippen LogP contribution in [0.1, 0.15) is 31.4 Å². The third-order valence-corrected chi connectivity index (χ3v) is 8.43. The van der Waals surface area contributed by atoms with Crippen molar-refractivity contribution in [2.45, 2.75) is 45.3 Å². The number of hydrogen-bond acceptors (Lipinski definition) is 5. The summed E-state index contributed by atoms with van der Waals surface area (Å²) in [6.07, 6.45) is 12.1. The summed E-state index contributed by atoms with van der Waals surface area (Å²) in [5.74, 6) is 0.283. The summed E-state index contributed by atoms with van der Waals surface area (Å²) in [5, 5.41) is 10.9. The van der Waals surface area contributed by atoms with Crippen molar-refractivity contribution in [3.05, 3.63) is 119 Å². The molecule has 1 saturated heterocycles. The van der Waals surface area contributed by atoms with E-state index in [4.69, 9.17) is 11.6 Å². The van der Waals surface area contributed by atoms with E-state index in [1.165, 1.54) is 11.6 Å². The number of carbonyl (C=O) groups excluding carboxylic acids is 1. The van der Waals surface area contributed by atoms with E-state index in [2.05, 4.69) is 71.7 Å². The van der Waals surface area contributed by atoms with E-state index < -0.39 is 6.04 Å². The Labute approximate surface area is 267 Å². The van der Waals surface area contributed by atoms with E-state index in [9.17, 15) is 9.18 Å². The number of allylic oxidation sites excluding steroid dienone is 2. The van der Waals surface area contributed by atoms with Gasteiger partial charge >= 0.3 is 0 Å². The fourth-order valence-electron chi connectivity index (χ4n) is 5.75. The molecule has 0 saturated carbocycles. The molecule has 0 aromatic heterocycles. The van der Waals surface area contributed by atoms with Gasteiger partial charge in [-0.25, -0.2) is 4.39 Å². The molecule has 5 rings (SSSR count). The van der Waals surface area contributed by atoms with Gasteiger partial charge in [0.25, 0.3) is 0 Å². The lowest BCUT2D eigenvalue weighted by Crippen LogP contribution is -2.54. The third kappa shape index (κ3) is 10.2. The van der Waals surface area contributed by atoms with Crippen molar-refractivity contribution >= 4 is 17.5 Å². The molecule has 2 aromatic carbocycles. The molecule has 6 nitrogen and oxygen atoms in total. The first-order valence-electron chi connectivity index (χ1n) is 15.8. The summed E-state index contributed by atoms with van der Waals surface area (Å²) in [5.41, 5.74) is 3.82. The zero-order valence-electron chi connectivity index (χ0n) is 26.1. The summed E-state index contributed by atoms with van der Waals surface area (Å²) in [7, 11) is 0. The van der Waals surface area contributed by atoms with Crippen molar-refractivity contribution in [1.82, 2.24) is 25.8 Å². The molecule has 2 aromatic rings. The molecule has 2 aliphatic heterocycles. The minimum absolute atomic E-state index is 0.0612. The minimum Gasteiger partial charge on any atom is -0.377 e. The summed E-state index contributed by atoms with van der Waals surface area (Å²) < 4.78 is 14.1. The standard InChI is InChI=1S/C32H36ClFN4O.C4H11N/c1-23(18-30-26-7-3-2-6-25(19-26)21-35-30)36-31(20-24-10-12-28(33)13-11-24)32(39)38-16-14-37(15-17-38)22-27-8-4-5-9-29(27)34;1-3-5-4-2/h2-13,19,25,30-31,35-36H,1,14-18,20-22H2;5H,3-4H2,1-2H3. The molecule has 44 heavy (non-hydrogen) atoms. The lowest BCUT2D eigenvalue weighted by atomic mass is 9.93. The Balaban J connectivity index is 0.000000818. The van der Waals surface area contributed by atoms with E-state index in [0.717, 1.165) is 30.9 Å². The Morgan fingerprint density at radius 1 is 1.07 bits per heavy atom. The highest BCUT2D eigenvalue weighted by Crippen LogP contribution is 2.23. The molecule has 0 radical (unpaired) electrons. The van der Waals surface area contributed by atoms with Crippen LogP contribution in [0.25, 0.3) is 0 Å². The predicted octanol–water partition coefficient (Wildman–Crippen LogP) is 5.48. The number of amides is 1.